The molecule has 0 spiro atoms. The molecule has 1 amide bonds. The van der Waals surface area contributed by atoms with E-state index in [-0.39, 0.29) is 17.9 Å². The second-order valence-electron chi connectivity index (χ2n) is 5.19. The van der Waals surface area contributed by atoms with E-state index in [0.29, 0.717) is 16.0 Å². The number of aromatic nitrogens is 2. The number of benzene rings is 1. The first-order valence-corrected chi connectivity index (χ1v) is 8.09. The van der Waals surface area contributed by atoms with Gasteiger partial charge in [-0.05, 0) is 19.1 Å². The summed E-state index contributed by atoms with van der Waals surface area (Å²) in [6.45, 7) is 5.67. The number of carbonyl (C=O) groups is 1. The van der Waals surface area contributed by atoms with Crippen LogP contribution in [0.15, 0.2) is 47.1 Å². The van der Waals surface area contributed by atoms with Gasteiger partial charge in [-0.1, -0.05) is 18.2 Å². The molecule has 6 nitrogen and oxygen atoms in total. The van der Waals surface area contributed by atoms with Crippen LogP contribution in [0, 0.1) is 6.92 Å². The first kappa shape index (κ1) is 15.9. The molecular weight excluding hydrogens is 326 g/mol. The summed E-state index contributed by atoms with van der Waals surface area (Å²) >= 11 is 1.25. The number of nitrogens with zero attached hydrogens (tertiary/aromatic N) is 2. The minimum Gasteiger partial charge on any atom is -0.506 e. The summed E-state index contributed by atoms with van der Waals surface area (Å²) in [4.78, 5) is 29.4. The molecule has 3 rings (SSSR count). The normalized spacial score (nSPS) is 10.7. The van der Waals surface area contributed by atoms with Crippen LogP contribution in [0.2, 0.25) is 0 Å². The van der Waals surface area contributed by atoms with E-state index in [1.54, 1.807) is 42.6 Å². The standard InChI is InChI=1S/C17H15N3O3S/c1-3-8-20-12-7-5-4-6-11(12)14(21)13(16(20)23)15(22)19-17-18-10(2)9-24-17/h3-7,9,21H,1,8H2,2H3,(H,18,19,22). The predicted molar refractivity (Wildman–Crippen MR) is 94.9 cm³/mol. The van der Waals surface area contributed by atoms with Gasteiger partial charge in [-0.3, -0.25) is 14.9 Å². The van der Waals surface area contributed by atoms with Gasteiger partial charge in [0.15, 0.2) is 5.13 Å². The topological polar surface area (TPSA) is 84.2 Å². The zero-order chi connectivity index (χ0) is 17.3. The highest BCUT2D eigenvalue weighted by Gasteiger charge is 2.22. The van der Waals surface area contributed by atoms with Crippen molar-refractivity contribution in [1.82, 2.24) is 9.55 Å². The van der Waals surface area contributed by atoms with Crippen molar-refractivity contribution in [1.29, 1.82) is 0 Å². The van der Waals surface area contributed by atoms with Gasteiger partial charge in [-0.2, -0.15) is 0 Å². The summed E-state index contributed by atoms with van der Waals surface area (Å²) in [5, 5.41) is 15.6. The van der Waals surface area contributed by atoms with Crippen molar-refractivity contribution in [3.05, 3.63) is 63.9 Å². The molecule has 0 aliphatic rings. The highest BCUT2D eigenvalue weighted by atomic mass is 32.1. The second-order valence-corrected chi connectivity index (χ2v) is 6.05. The van der Waals surface area contributed by atoms with Crippen molar-refractivity contribution in [2.75, 3.05) is 5.32 Å². The number of aryl methyl sites for hydroxylation is 1. The van der Waals surface area contributed by atoms with Crippen molar-refractivity contribution in [2.45, 2.75) is 13.5 Å². The van der Waals surface area contributed by atoms with Gasteiger partial charge in [0.05, 0.1) is 11.2 Å². The van der Waals surface area contributed by atoms with Crippen molar-refractivity contribution in [2.24, 2.45) is 0 Å². The number of hydrogen-bond donors (Lipinski definition) is 2. The monoisotopic (exact) mass is 341 g/mol. The van der Waals surface area contributed by atoms with Crippen molar-refractivity contribution in [3.63, 3.8) is 0 Å². The SMILES string of the molecule is C=CCn1c(=O)c(C(=O)Nc2nc(C)cs2)c(O)c2ccccc21. The lowest BCUT2D eigenvalue weighted by molar-refractivity contribution is 0.102. The number of hydrogen-bond acceptors (Lipinski definition) is 5. The maximum absolute atomic E-state index is 12.7. The first-order chi connectivity index (χ1) is 11.5. The molecule has 0 aliphatic heterocycles. The minimum atomic E-state index is -0.685. The number of para-hydroxylation sites is 1. The van der Waals surface area contributed by atoms with Crippen LogP contribution in [0.3, 0.4) is 0 Å². The average Bonchev–Trinajstić information content (AvgIpc) is 2.96. The average molecular weight is 341 g/mol. The molecule has 3 aromatic rings. The van der Waals surface area contributed by atoms with E-state index in [1.807, 2.05) is 0 Å². The minimum absolute atomic E-state index is 0.232. The van der Waals surface area contributed by atoms with Crippen LogP contribution in [0.1, 0.15) is 16.1 Å². The molecule has 24 heavy (non-hydrogen) atoms. The van der Waals surface area contributed by atoms with Gasteiger partial charge in [0.25, 0.3) is 11.5 Å². The lowest BCUT2D eigenvalue weighted by Crippen LogP contribution is -2.29. The Morgan fingerprint density at radius 1 is 1.46 bits per heavy atom. The number of pyridine rings is 1. The predicted octanol–water partition coefficient (Wildman–Crippen LogP) is 2.91. The number of thiazole rings is 1. The Morgan fingerprint density at radius 3 is 2.88 bits per heavy atom. The number of aromatic hydroxyl groups is 1. The lowest BCUT2D eigenvalue weighted by atomic mass is 10.1. The number of fused-ring (bicyclic) bond motifs is 1. The van der Waals surface area contributed by atoms with E-state index in [1.165, 1.54) is 15.9 Å². The molecule has 0 unspecified atom stereocenters. The van der Waals surface area contributed by atoms with Gasteiger partial charge in [0, 0.05) is 17.3 Å². The van der Waals surface area contributed by atoms with Gasteiger partial charge in [-0.25, -0.2) is 4.98 Å². The lowest BCUT2D eigenvalue weighted by Gasteiger charge is -2.13. The Hall–Kier alpha value is -2.93. The second kappa shape index (κ2) is 6.29. The molecular formula is C17H15N3O3S. The van der Waals surface area contributed by atoms with Crippen molar-refractivity contribution < 1.29 is 9.90 Å². The molecule has 7 heteroatoms. The fraction of sp³-hybridized carbons (Fsp3) is 0.118. The van der Waals surface area contributed by atoms with Gasteiger partial charge in [0.1, 0.15) is 11.3 Å². The van der Waals surface area contributed by atoms with Crippen LogP contribution in [-0.2, 0) is 6.54 Å². The van der Waals surface area contributed by atoms with Crippen LogP contribution in [0.4, 0.5) is 5.13 Å². The molecule has 122 valence electrons. The fourth-order valence-electron chi connectivity index (χ4n) is 2.48. The molecule has 0 bridgehead atoms. The van der Waals surface area contributed by atoms with E-state index in [4.69, 9.17) is 0 Å². The van der Waals surface area contributed by atoms with Crippen LogP contribution in [0.25, 0.3) is 10.9 Å². The van der Waals surface area contributed by atoms with E-state index < -0.39 is 11.5 Å². The highest BCUT2D eigenvalue weighted by Crippen LogP contribution is 2.27. The number of carbonyl (C=O) groups excluding carboxylic acids is 1. The Morgan fingerprint density at radius 2 is 2.21 bits per heavy atom. The molecule has 2 aromatic heterocycles. The van der Waals surface area contributed by atoms with E-state index >= 15 is 0 Å². The first-order valence-electron chi connectivity index (χ1n) is 7.21. The zero-order valence-electron chi connectivity index (χ0n) is 12.9. The Labute approximate surface area is 141 Å². The summed E-state index contributed by atoms with van der Waals surface area (Å²) < 4.78 is 1.41. The number of nitrogens with one attached hydrogen (secondary N) is 1. The Kier molecular flexibility index (Phi) is 4.18. The molecule has 0 aliphatic carbocycles. The quantitative estimate of drug-likeness (QED) is 0.715. The highest BCUT2D eigenvalue weighted by molar-refractivity contribution is 7.13. The maximum atomic E-state index is 12.7. The fourth-order valence-corrected chi connectivity index (χ4v) is 3.16. The largest absolute Gasteiger partial charge is 0.506 e. The van der Waals surface area contributed by atoms with Gasteiger partial charge >= 0.3 is 0 Å². The van der Waals surface area contributed by atoms with E-state index in [0.717, 1.165) is 5.69 Å². The maximum Gasteiger partial charge on any atom is 0.268 e. The molecule has 1 aromatic carbocycles. The molecule has 0 atom stereocenters. The third kappa shape index (κ3) is 2.69. The molecule has 0 saturated carbocycles. The van der Waals surface area contributed by atoms with Crippen molar-refractivity contribution in [3.8, 4) is 5.75 Å². The van der Waals surface area contributed by atoms with Crippen LogP contribution in [-0.4, -0.2) is 20.6 Å². The van der Waals surface area contributed by atoms with E-state index in [9.17, 15) is 14.7 Å². The van der Waals surface area contributed by atoms with Crippen LogP contribution < -0.4 is 10.9 Å². The van der Waals surface area contributed by atoms with Crippen molar-refractivity contribution >= 4 is 33.3 Å². The van der Waals surface area contributed by atoms with Crippen LogP contribution >= 0.6 is 11.3 Å². The third-order valence-electron chi connectivity index (χ3n) is 3.52. The van der Waals surface area contributed by atoms with E-state index in [2.05, 4.69) is 16.9 Å². The molecule has 0 radical (unpaired) electrons. The van der Waals surface area contributed by atoms with Gasteiger partial charge in [0.2, 0.25) is 0 Å². The summed E-state index contributed by atoms with van der Waals surface area (Å²) in [6, 6.07) is 6.87. The Balaban J connectivity index is 2.18. The summed E-state index contributed by atoms with van der Waals surface area (Å²) in [5.41, 5.74) is 0.434. The number of anilines is 1. The van der Waals surface area contributed by atoms with Gasteiger partial charge in [-0.15, -0.1) is 17.9 Å². The number of allylic oxidation sites excluding steroid dienone is 1. The summed E-state index contributed by atoms with van der Waals surface area (Å²) in [7, 11) is 0. The summed E-state index contributed by atoms with van der Waals surface area (Å²) in [6.07, 6.45) is 1.57. The number of amides is 1. The molecule has 0 fully saturated rings. The number of rotatable bonds is 4. The molecule has 2 N–H and O–H groups in total. The third-order valence-corrected chi connectivity index (χ3v) is 4.40. The zero-order valence-corrected chi connectivity index (χ0v) is 13.8. The smallest absolute Gasteiger partial charge is 0.268 e. The summed E-state index contributed by atoms with van der Waals surface area (Å²) in [5.74, 6) is -1.02. The van der Waals surface area contributed by atoms with Gasteiger partial charge < -0.3 is 9.67 Å². The van der Waals surface area contributed by atoms with Crippen LogP contribution in [0.5, 0.6) is 5.75 Å². The Bertz CT molecular complexity index is 1000. The molecule has 0 saturated heterocycles. The molecule has 2 heterocycles.